The average molecular weight is 373 g/mol. The Kier molecular flexibility index (Phi) is 9.04. The number of primary amides is 1. The topological polar surface area (TPSA) is 156 Å². The smallest absolute Gasteiger partial charge is 0.326 e. The third kappa shape index (κ3) is 9.03. The Morgan fingerprint density at radius 2 is 1.26 bits per heavy atom. The molecule has 2 amide bonds. The number of amides is 2. The number of carboxylic acids is 2. The SMILES string of the molecule is NC(=O)N[C@H](Cc1ccccc1)C(=O)O.N[C@@H](Cc1ccccc1)C(=O)O. The van der Waals surface area contributed by atoms with E-state index in [2.05, 4.69) is 5.32 Å². The highest BCUT2D eigenvalue weighted by molar-refractivity contribution is 5.81. The van der Waals surface area contributed by atoms with Gasteiger partial charge in [0.05, 0.1) is 0 Å². The van der Waals surface area contributed by atoms with E-state index in [9.17, 15) is 14.4 Å². The zero-order valence-electron chi connectivity index (χ0n) is 14.6. The van der Waals surface area contributed by atoms with E-state index in [1.165, 1.54) is 0 Å². The summed E-state index contributed by atoms with van der Waals surface area (Å²) in [5, 5.41) is 19.5. The first-order chi connectivity index (χ1) is 12.8. The van der Waals surface area contributed by atoms with E-state index in [0.717, 1.165) is 11.1 Å². The minimum Gasteiger partial charge on any atom is -0.480 e. The van der Waals surface area contributed by atoms with Crippen molar-refractivity contribution in [2.24, 2.45) is 11.5 Å². The molecule has 2 atom stereocenters. The second kappa shape index (κ2) is 11.3. The molecule has 0 bridgehead atoms. The molecule has 0 saturated heterocycles. The summed E-state index contributed by atoms with van der Waals surface area (Å²) in [5.74, 6) is -2.06. The summed E-state index contributed by atoms with van der Waals surface area (Å²) in [7, 11) is 0. The van der Waals surface area contributed by atoms with Crippen LogP contribution in [0.3, 0.4) is 0 Å². The van der Waals surface area contributed by atoms with Crippen LogP contribution in [0.4, 0.5) is 4.79 Å². The molecule has 0 aliphatic rings. The van der Waals surface area contributed by atoms with Crippen LogP contribution in [0.1, 0.15) is 11.1 Å². The predicted octanol–water partition coefficient (Wildman–Crippen LogP) is 0.992. The number of nitrogens with two attached hydrogens (primary N) is 2. The summed E-state index contributed by atoms with van der Waals surface area (Å²) in [6.45, 7) is 0. The maximum atomic E-state index is 10.8. The lowest BCUT2D eigenvalue weighted by atomic mass is 10.1. The number of carboxylic acid groups (broad SMARTS) is 2. The van der Waals surface area contributed by atoms with Gasteiger partial charge in [-0.25, -0.2) is 9.59 Å². The third-order valence-corrected chi connectivity index (χ3v) is 3.51. The van der Waals surface area contributed by atoms with Gasteiger partial charge in [-0.1, -0.05) is 60.7 Å². The fraction of sp³-hybridized carbons (Fsp3) is 0.211. The standard InChI is InChI=1S/C10H12N2O3.C9H11NO2/c11-10(15)12-8(9(13)14)6-7-4-2-1-3-5-7;10-8(9(11)12)6-7-4-2-1-3-5-7/h1-5,8H,6H2,(H,13,14)(H3,11,12,15);1-5,8H,6,10H2,(H,11,12)/t2*8-/m10/s1. The van der Waals surface area contributed by atoms with Crippen molar-refractivity contribution in [3.05, 3.63) is 71.8 Å². The van der Waals surface area contributed by atoms with Crippen LogP contribution in [-0.4, -0.2) is 40.3 Å². The Morgan fingerprint density at radius 3 is 1.63 bits per heavy atom. The molecule has 2 rings (SSSR count). The number of nitrogens with one attached hydrogen (secondary N) is 1. The van der Waals surface area contributed by atoms with Crippen LogP contribution in [0.15, 0.2) is 60.7 Å². The van der Waals surface area contributed by atoms with Gasteiger partial charge in [0.25, 0.3) is 0 Å². The van der Waals surface area contributed by atoms with E-state index in [4.69, 9.17) is 21.7 Å². The molecule has 0 radical (unpaired) electrons. The van der Waals surface area contributed by atoms with E-state index in [1.807, 2.05) is 36.4 Å². The Hall–Kier alpha value is -3.39. The quantitative estimate of drug-likeness (QED) is 0.487. The number of benzene rings is 2. The van der Waals surface area contributed by atoms with Gasteiger partial charge in [-0.2, -0.15) is 0 Å². The van der Waals surface area contributed by atoms with Crippen LogP contribution in [0.5, 0.6) is 0 Å². The number of rotatable bonds is 7. The van der Waals surface area contributed by atoms with Gasteiger partial charge in [0.1, 0.15) is 12.1 Å². The Morgan fingerprint density at radius 1 is 0.815 bits per heavy atom. The number of hydrogen-bond donors (Lipinski definition) is 5. The molecule has 0 aliphatic carbocycles. The van der Waals surface area contributed by atoms with Gasteiger partial charge in [-0.3, -0.25) is 4.79 Å². The molecule has 2 aromatic carbocycles. The van der Waals surface area contributed by atoms with Crippen LogP contribution < -0.4 is 16.8 Å². The van der Waals surface area contributed by atoms with E-state index in [0.29, 0.717) is 6.42 Å². The van der Waals surface area contributed by atoms with Gasteiger partial charge in [0.15, 0.2) is 0 Å². The number of carbonyl (C=O) groups excluding carboxylic acids is 1. The molecule has 8 heteroatoms. The molecule has 0 fully saturated rings. The van der Waals surface area contributed by atoms with Crippen LogP contribution in [0.2, 0.25) is 0 Å². The largest absolute Gasteiger partial charge is 0.480 e. The van der Waals surface area contributed by atoms with Crippen molar-refractivity contribution in [3.63, 3.8) is 0 Å². The Bertz CT molecular complexity index is 738. The zero-order valence-corrected chi connectivity index (χ0v) is 14.6. The highest BCUT2D eigenvalue weighted by Crippen LogP contribution is 2.03. The lowest BCUT2D eigenvalue weighted by molar-refractivity contribution is -0.139. The molecular weight excluding hydrogens is 350 g/mol. The van der Waals surface area contributed by atoms with Gasteiger partial charge in [-0.15, -0.1) is 0 Å². The molecule has 7 N–H and O–H groups in total. The number of urea groups is 1. The lowest BCUT2D eigenvalue weighted by Gasteiger charge is -2.12. The molecule has 0 unspecified atom stereocenters. The second-order valence-corrected chi connectivity index (χ2v) is 5.72. The monoisotopic (exact) mass is 373 g/mol. The van der Waals surface area contributed by atoms with E-state index >= 15 is 0 Å². The Labute approximate surface area is 156 Å². The maximum absolute atomic E-state index is 10.8. The summed E-state index contributed by atoms with van der Waals surface area (Å²) in [6.07, 6.45) is 0.606. The molecular formula is C19H23N3O5. The van der Waals surface area contributed by atoms with Crippen LogP contribution >= 0.6 is 0 Å². The molecule has 144 valence electrons. The molecule has 27 heavy (non-hydrogen) atoms. The third-order valence-electron chi connectivity index (χ3n) is 3.51. The number of hydrogen-bond acceptors (Lipinski definition) is 4. The molecule has 0 saturated carbocycles. The summed E-state index contributed by atoms with van der Waals surface area (Å²) < 4.78 is 0. The van der Waals surface area contributed by atoms with Crippen molar-refractivity contribution in [2.45, 2.75) is 24.9 Å². The van der Waals surface area contributed by atoms with Crippen molar-refractivity contribution in [3.8, 4) is 0 Å². The number of carbonyl (C=O) groups is 3. The fourth-order valence-electron chi connectivity index (χ4n) is 2.18. The highest BCUT2D eigenvalue weighted by atomic mass is 16.4. The van der Waals surface area contributed by atoms with Gasteiger partial charge >= 0.3 is 18.0 Å². The predicted molar refractivity (Wildman–Crippen MR) is 100 cm³/mol. The maximum Gasteiger partial charge on any atom is 0.326 e. The van der Waals surface area contributed by atoms with Crippen molar-refractivity contribution in [1.82, 2.24) is 5.32 Å². The van der Waals surface area contributed by atoms with Crippen molar-refractivity contribution in [1.29, 1.82) is 0 Å². The first kappa shape index (κ1) is 21.7. The van der Waals surface area contributed by atoms with Gasteiger partial charge in [-0.05, 0) is 17.5 Å². The minimum atomic E-state index is -1.10. The molecule has 0 aliphatic heterocycles. The van der Waals surface area contributed by atoms with Gasteiger partial charge in [0, 0.05) is 6.42 Å². The van der Waals surface area contributed by atoms with Gasteiger partial charge in [0.2, 0.25) is 0 Å². The van der Waals surface area contributed by atoms with Crippen LogP contribution in [0.25, 0.3) is 0 Å². The minimum absolute atomic E-state index is 0.221. The molecule has 0 heterocycles. The first-order valence-electron chi connectivity index (χ1n) is 8.14. The summed E-state index contributed by atoms with van der Waals surface area (Å²) in [6, 6.07) is 15.8. The number of aliphatic carboxylic acids is 2. The summed E-state index contributed by atoms with van der Waals surface area (Å²) in [5.41, 5.74) is 12.0. The first-order valence-corrected chi connectivity index (χ1v) is 8.14. The molecule has 2 aromatic rings. The zero-order chi connectivity index (χ0) is 20.2. The molecule has 0 aromatic heterocycles. The van der Waals surface area contributed by atoms with Crippen LogP contribution in [0, 0.1) is 0 Å². The average Bonchev–Trinajstić information content (AvgIpc) is 2.63. The van der Waals surface area contributed by atoms with Crippen molar-refractivity contribution >= 4 is 18.0 Å². The highest BCUT2D eigenvalue weighted by Gasteiger charge is 2.18. The Balaban J connectivity index is 0.000000277. The molecule has 8 nitrogen and oxygen atoms in total. The summed E-state index contributed by atoms with van der Waals surface area (Å²) in [4.78, 5) is 31.7. The summed E-state index contributed by atoms with van der Waals surface area (Å²) >= 11 is 0. The molecule has 0 spiro atoms. The lowest BCUT2D eigenvalue weighted by Crippen LogP contribution is -2.44. The van der Waals surface area contributed by atoms with E-state index < -0.39 is 30.1 Å². The van der Waals surface area contributed by atoms with Gasteiger partial charge < -0.3 is 27.0 Å². The normalized spacial score (nSPS) is 12.0. The fourth-order valence-corrected chi connectivity index (χ4v) is 2.18. The van der Waals surface area contributed by atoms with E-state index in [-0.39, 0.29) is 6.42 Å². The van der Waals surface area contributed by atoms with Crippen molar-refractivity contribution in [2.75, 3.05) is 0 Å². The van der Waals surface area contributed by atoms with Crippen LogP contribution in [-0.2, 0) is 22.4 Å². The second-order valence-electron chi connectivity index (χ2n) is 5.72. The van der Waals surface area contributed by atoms with E-state index in [1.54, 1.807) is 24.3 Å². The van der Waals surface area contributed by atoms with Crippen molar-refractivity contribution < 1.29 is 24.6 Å².